The van der Waals surface area contributed by atoms with Crippen LogP contribution in [0.3, 0.4) is 0 Å². The van der Waals surface area contributed by atoms with Gasteiger partial charge in [0.2, 0.25) is 0 Å². The van der Waals surface area contributed by atoms with Crippen LogP contribution in [0.1, 0.15) is 37.7 Å². The lowest BCUT2D eigenvalue weighted by molar-refractivity contribution is 0.320. The summed E-state index contributed by atoms with van der Waals surface area (Å²) in [6.07, 6.45) is 6.33. The van der Waals surface area contributed by atoms with Gasteiger partial charge in [-0.25, -0.2) is 0 Å². The fourth-order valence-electron chi connectivity index (χ4n) is 2.86. The van der Waals surface area contributed by atoms with Gasteiger partial charge in [0.05, 0.1) is 16.3 Å². The Balaban J connectivity index is 2.14. The molecule has 0 heterocycles. The van der Waals surface area contributed by atoms with Gasteiger partial charge in [0.15, 0.2) is 0 Å². The Morgan fingerprint density at radius 1 is 1.37 bits per heavy atom. The summed E-state index contributed by atoms with van der Waals surface area (Å²) in [5.41, 5.74) is 7.22. The van der Waals surface area contributed by atoms with Crippen LogP contribution in [-0.4, -0.2) is 12.6 Å². The summed E-state index contributed by atoms with van der Waals surface area (Å²) in [4.78, 5) is 0. The molecule has 1 aliphatic carbocycles. The molecule has 1 aliphatic rings. The third-order valence-electron chi connectivity index (χ3n) is 3.94. The van der Waals surface area contributed by atoms with Crippen molar-refractivity contribution < 1.29 is 0 Å². The van der Waals surface area contributed by atoms with Gasteiger partial charge in [-0.05, 0) is 30.9 Å². The van der Waals surface area contributed by atoms with Gasteiger partial charge in [-0.2, -0.15) is 5.26 Å². The van der Waals surface area contributed by atoms with E-state index in [4.69, 9.17) is 17.3 Å². The molecule has 3 nitrogen and oxygen atoms in total. The van der Waals surface area contributed by atoms with Crippen LogP contribution < -0.4 is 11.1 Å². The van der Waals surface area contributed by atoms with Gasteiger partial charge < -0.3 is 11.1 Å². The van der Waals surface area contributed by atoms with E-state index in [1.807, 2.05) is 12.1 Å². The van der Waals surface area contributed by atoms with E-state index in [1.54, 1.807) is 6.07 Å². The molecule has 0 bridgehead atoms. The molecule has 0 radical (unpaired) electrons. The molecule has 4 heteroatoms. The fourth-order valence-corrected chi connectivity index (χ4v) is 3.08. The monoisotopic (exact) mass is 277 g/mol. The molecule has 1 saturated carbocycles. The van der Waals surface area contributed by atoms with Crippen molar-refractivity contribution in [2.75, 3.05) is 11.9 Å². The fraction of sp³-hybridized carbons (Fsp3) is 0.533. The van der Waals surface area contributed by atoms with Gasteiger partial charge in [0.1, 0.15) is 6.07 Å². The van der Waals surface area contributed by atoms with E-state index in [1.165, 1.54) is 32.1 Å². The van der Waals surface area contributed by atoms with Gasteiger partial charge in [-0.15, -0.1) is 0 Å². The first kappa shape index (κ1) is 14.2. The number of hydrogen-bond donors (Lipinski definition) is 2. The topological polar surface area (TPSA) is 61.8 Å². The number of halogens is 1. The number of rotatable bonds is 4. The number of benzene rings is 1. The Labute approximate surface area is 119 Å². The number of nitrogens with two attached hydrogens (primary N) is 1. The molecule has 1 fully saturated rings. The highest BCUT2D eigenvalue weighted by Gasteiger charge is 2.23. The highest BCUT2D eigenvalue weighted by atomic mass is 35.5. The van der Waals surface area contributed by atoms with Crippen LogP contribution in [0, 0.1) is 17.2 Å². The van der Waals surface area contributed by atoms with E-state index in [9.17, 15) is 5.26 Å². The molecule has 1 aromatic carbocycles. The van der Waals surface area contributed by atoms with Crippen molar-refractivity contribution >= 4 is 17.3 Å². The number of nitrogens with zero attached hydrogens (tertiary/aromatic N) is 1. The zero-order chi connectivity index (χ0) is 13.7. The number of nitrogens with one attached hydrogen (secondary N) is 1. The molecular weight excluding hydrogens is 258 g/mol. The molecule has 19 heavy (non-hydrogen) atoms. The minimum Gasteiger partial charge on any atom is -0.380 e. The quantitative estimate of drug-likeness (QED) is 0.885. The normalized spacial score (nSPS) is 17.7. The third kappa shape index (κ3) is 3.40. The SMILES string of the molecule is N#Cc1c(Cl)cccc1NC(CN)C1CCCCC1. The molecule has 2 rings (SSSR count). The second-order valence-electron chi connectivity index (χ2n) is 5.16. The van der Waals surface area contributed by atoms with E-state index in [-0.39, 0.29) is 6.04 Å². The van der Waals surface area contributed by atoms with Gasteiger partial charge in [-0.3, -0.25) is 0 Å². The van der Waals surface area contributed by atoms with Crippen molar-refractivity contribution in [2.24, 2.45) is 11.7 Å². The number of anilines is 1. The smallest absolute Gasteiger partial charge is 0.103 e. The Kier molecular flexibility index (Phi) is 5.07. The van der Waals surface area contributed by atoms with E-state index in [2.05, 4.69) is 11.4 Å². The van der Waals surface area contributed by atoms with Crippen LogP contribution in [0.5, 0.6) is 0 Å². The minimum absolute atomic E-state index is 0.228. The maximum Gasteiger partial charge on any atom is 0.103 e. The molecule has 1 aromatic rings. The summed E-state index contributed by atoms with van der Waals surface area (Å²) in [6, 6.07) is 7.89. The first-order valence-electron chi connectivity index (χ1n) is 6.91. The second-order valence-corrected chi connectivity index (χ2v) is 5.57. The van der Waals surface area contributed by atoms with Gasteiger partial charge in [0.25, 0.3) is 0 Å². The Morgan fingerprint density at radius 2 is 2.11 bits per heavy atom. The number of hydrogen-bond acceptors (Lipinski definition) is 3. The first-order valence-corrected chi connectivity index (χ1v) is 7.29. The lowest BCUT2D eigenvalue weighted by Crippen LogP contribution is -2.37. The number of nitriles is 1. The Bertz CT molecular complexity index is 461. The highest BCUT2D eigenvalue weighted by molar-refractivity contribution is 6.32. The molecule has 0 saturated heterocycles. The van der Waals surface area contributed by atoms with Crippen LogP contribution in [0.25, 0.3) is 0 Å². The Hall–Kier alpha value is -1.24. The van der Waals surface area contributed by atoms with Crippen molar-refractivity contribution in [1.82, 2.24) is 0 Å². The molecule has 102 valence electrons. The maximum absolute atomic E-state index is 9.19. The van der Waals surface area contributed by atoms with Crippen LogP contribution in [-0.2, 0) is 0 Å². The van der Waals surface area contributed by atoms with Crippen molar-refractivity contribution in [2.45, 2.75) is 38.1 Å². The van der Waals surface area contributed by atoms with Crippen LogP contribution in [0.15, 0.2) is 18.2 Å². The molecule has 1 atom stereocenters. The third-order valence-corrected chi connectivity index (χ3v) is 4.25. The predicted octanol–water partition coefficient (Wildman–Crippen LogP) is 3.53. The standard InChI is InChI=1S/C15H20ClN3/c16-13-7-4-8-14(12(13)9-17)19-15(10-18)11-5-2-1-3-6-11/h4,7-8,11,15,19H,1-3,5-6,10,18H2. The first-order chi connectivity index (χ1) is 9.26. The molecule has 0 aromatic heterocycles. The molecular formula is C15H20ClN3. The summed E-state index contributed by atoms with van der Waals surface area (Å²) in [5.74, 6) is 0.601. The zero-order valence-electron chi connectivity index (χ0n) is 11.0. The van der Waals surface area contributed by atoms with Crippen LogP contribution in [0.4, 0.5) is 5.69 Å². The van der Waals surface area contributed by atoms with E-state index >= 15 is 0 Å². The van der Waals surface area contributed by atoms with Crippen molar-refractivity contribution in [3.8, 4) is 6.07 Å². The molecule has 0 spiro atoms. The molecule has 3 N–H and O–H groups in total. The van der Waals surface area contributed by atoms with E-state index in [0.29, 0.717) is 23.0 Å². The van der Waals surface area contributed by atoms with Crippen LogP contribution in [0.2, 0.25) is 5.02 Å². The lowest BCUT2D eigenvalue weighted by Gasteiger charge is -2.31. The van der Waals surface area contributed by atoms with Gasteiger partial charge >= 0.3 is 0 Å². The molecule has 1 unspecified atom stereocenters. The lowest BCUT2D eigenvalue weighted by atomic mass is 9.83. The molecule has 0 aliphatic heterocycles. The summed E-state index contributed by atoms with van der Waals surface area (Å²) < 4.78 is 0. The average molecular weight is 278 g/mol. The Morgan fingerprint density at radius 3 is 2.74 bits per heavy atom. The van der Waals surface area contributed by atoms with Crippen LogP contribution >= 0.6 is 11.6 Å². The molecule has 0 amide bonds. The summed E-state index contributed by atoms with van der Waals surface area (Å²) in [6.45, 7) is 0.585. The average Bonchev–Trinajstić information content (AvgIpc) is 2.46. The maximum atomic E-state index is 9.19. The summed E-state index contributed by atoms with van der Waals surface area (Å²) >= 11 is 6.05. The minimum atomic E-state index is 0.228. The van der Waals surface area contributed by atoms with Gasteiger partial charge in [0, 0.05) is 12.6 Å². The summed E-state index contributed by atoms with van der Waals surface area (Å²) in [7, 11) is 0. The zero-order valence-corrected chi connectivity index (χ0v) is 11.8. The van der Waals surface area contributed by atoms with Crippen molar-refractivity contribution in [3.05, 3.63) is 28.8 Å². The second kappa shape index (κ2) is 6.79. The van der Waals surface area contributed by atoms with Crippen molar-refractivity contribution in [1.29, 1.82) is 5.26 Å². The van der Waals surface area contributed by atoms with E-state index in [0.717, 1.165) is 5.69 Å². The largest absolute Gasteiger partial charge is 0.380 e. The van der Waals surface area contributed by atoms with Crippen molar-refractivity contribution in [3.63, 3.8) is 0 Å². The van der Waals surface area contributed by atoms with E-state index < -0.39 is 0 Å². The predicted molar refractivity (Wildman–Crippen MR) is 79.2 cm³/mol. The highest BCUT2D eigenvalue weighted by Crippen LogP contribution is 2.30. The van der Waals surface area contributed by atoms with Gasteiger partial charge in [-0.1, -0.05) is 36.9 Å². The summed E-state index contributed by atoms with van der Waals surface area (Å²) in [5, 5.41) is 13.1.